The van der Waals surface area contributed by atoms with Crippen molar-refractivity contribution < 1.29 is 10.2 Å². The van der Waals surface area contributed by atoms with E-state index < -0.39 is 5.60 Å². The minimum absolute atomic E-state index is 0.125. The molecule has 2 fully saturated rings. The molecule has 1 heterocycles. The SMILES string of the molecule is CC(C)(O)CN1CCN(C2CCCCC2O)CC1. The average Bonchev–Trinajstić information content (AvgIpc) is 2.29. The topological polar surface area (TPSA) is 46.9 Å². The highest BCUT2D eigenvalue weighted by molar-refractivity contribution is 4.87. The van der Waals surface area contributed by atoms with Gasteiger partial charge in [0.25, 0.3) is 0 Å². The van der Waals surface area contributed by atoms with E-state index in [9.17, 15) is 10.2 Å². The summed E-state index contributed by atoms with van der Waals surface area (Å²) >= 11 is 0. The highest BCUT2D eigenvalue weighted by Crippen LogP contribution is 2.24. The molecule has 2 atom stereocenters. The number of aliphatic hydroxyl groups is 2. The number of β-amino-alcohol motifs (C(OH)–C–C–N with tert-alkyl or cyclic N) is 1. The second-order valence-corrected chi connectivity index (χ2v) is 6.54. The van der Waals surface area contributed by atoms with Gasteiger partial charge in [-0.25, -0.2) is 0 Å². The molecule has 2 aliphatic rings. The molecule has 2 N–H and O–H groups in total. The summed E-state index contributed by atoms with van der Waals surface area (Å²) in [5, 5.41) is 19.9. The van der Waals surface area contributed by atoms with Crippen LogP contribution in [0.5, 0.6) is 0 Å². The van der Waals surface area contributed by atoms with Crippen molar-refractivity contribution in [1.82, 2.24) is 9.80 Å². The summed E-state index contributed by atoms with van der Waals surface area (Å²) in [5.41, 5.74) is -0.605. The smallest absolute Gasteiger partial charge is 0.0718 e. The van der Waals surface area contributed by atoms with E-state index in [1.165, 1.54) is 12.8 Å². The standard InChI is InChI=1S/C14H28N2O2/c1-14(2,18)11-15-7-9-16(10-8-15)12-5-3-4-6-13(12)17/h12-13,17-18H,3-11H2,1-2H3. The summed E-state index contributed by atoms with van der Waals surface area (Å²) < 4.78 is 0. The first-order valence-corrected chi connectivity index (χ1v) is 7.32. The van der Waals surface area contributed by atoms with E-state index in [2.05, 4.69) is 9.80 Å². The van der Waals surface area contributed by atoms with Crippen molar-refractivity contribution in [2.75, 3.05) is 32.7 Å². The maximum absolute atomic E-state index is 10.1. The van der Waals surface area contributed by atoms with Crippen molar-refractivity contribution in [3.63, 3.8) is 0 Å². The van der Waals surface area contributed by atoms with Gasteiger partial charge in [-0.1, -0.05) is 12.8 Å². The number of nitrogens with zero attached hydrogens (tertiary/aromatic N) is 2. The van der Waals surface area contributed by atoms with Gasteiger partial charge >= 0.3 is 0 Å². The molecule has 1 saturated heterocycles. The van der Waals surface area contributed by atoms with Crippen molar-refractivity contribution in [2.24, 2.45) is 0 Å². The van der Waals surface area contributed by atoms with Crippen molar-refractivity contribution in [3.05, 3.63) is 0 Å². The third-order valence-corrected chi connectivity index (χ3v) is 4.18. The second-order valence-electron chi connectivity index (χ2n) is 6.54. The highest BCUT2D eigenvalue weighted by atomic mass is 16.3. The molecule has 106 valence electrons. The lowest BCUT2D eigenvalue weighted by Gasteiger charge is -2.43. The summed E-state index contributed by atoms with van der Waals surface area (Å²) in [5.74, 6) is 0. The number of hydrogen-bond donors (Lipinski definition) is 2. The molecule has 4 heteroatoms. The number of aliphatic hydroxyl groups excluding tert-OH is 1. The van der Waals surface area contributed by atoms with Gasteiger partial charge in [0, 0.05) is 38.8 Å². The van der Waals surface area contributed by atoms with E-state index in [-0.39, 0.29) is 6.10 Å². The molecule has 0 radical (unpaired) electrons. The molecule has 1 aliphatic carbocycles. The van der Waals surface area contributed by atoms with Gasteiger partial charge in [0.2, 0.25) is 0 Å². The van der Waals surface area contributed by atoms with Crippen molar-refractivity contribution in [3.8, 4) is 0 Å². The van der Waals surface area contributed by atoms with Gasteiger partial charge in [0.1, 0.15) is 0 Å². The Kier molecular flexibility index (Phi) is 4.64. The molecule has 1 saturated carbocycles. The first kappa shape index (κ1) is 14.3. The summed E-state index contributed by atoms with van der Waals surface area (Å²) in [7, 11) is 0. The molecule has 2 rings (SSSR count). The lowest BCUT2D eigenvalue weighted by atomic mass is 9.91. The fourth-order valence-electron chi connectivity index (χ4n) is 3.32. The maximum Gasteiger partial charge on any atom is 0.0718 e. The second kappa shape index (κ2) is 5.87. The summed E-state index contributed by atoms with van der Waals surface area (Å²) in [4.78, 5) is 4.77. The van der Waals surface area contributed by atoms with Crippen LogP contribution in [-0.4, -0.2) is 70.5 Å². The molecule has 0 aromatic rings. The molecule has 4 nitrogen and oxygen atoms in total. The quantitative estimate of drug-likeness (QED) is 0.779. The first-order valence-electron chi connectivity index (χ1n) is 7.32. The zero-order chi connectivity index (χ0) is 13.2. The molecule has 0 bridgehead atoms. The van der Waals surface area contributed by atoms with Crippen LogP contribution in [0.15, 0.2) is 0 Å². The number of piperazine rings is 1. The Hall–Kier alpha value is -0.160. The van der Waals surface area contributed by atoms with Crippen molar-refractivity contribution >= 4 is 0 Å². The van der Waals surface area contributed by atoms with Crippen molar-refractivity contribution in [1.29, 1.82) is 0 Å². The molecule has 2 unspecified atom stereocenters. The van der Waals surface area contributed by atoms with Crippen LogP contribution in [0.25, 0.3) is 0 Å². The molecule has 0 aromatic carbocycles. The molecule has 18 heavy (non-hydrogen) atoms. The van der Waals surface area contributed by atoms with E-state index in [0.717, 1.165) is 45.6 Å². The minimum Gasteiger partial charge on any atom is -0.391 e. The Bertz CT molecular complexity index is 257. The Morgan fingerprint density at radius 2 is 1.67 bits per heavy atom. The van der Waals surface area contributed by atoms with Gasteiger partial charge in [-0.3, -0.25) is 9.80 Å². The lowest BCUT2D eigenvalue weighted by molar-refractivity contribution is -0.0226. The van der Waals surface area contributed by atoms with E-state index in [1.807, 2.05) is 13.8 Å². The Morgan fingerprint density at radius 1 is 1.06 bits per heavy atom. The Morgan fingerprint density at radius 3 is 2.22 bits per heavy atom. The predicted molar refractivity (Wildman–Crippen MR) is 72.6 cm³/mol. The van der Waals surface area contributed by atoms with Crippen LogP contribution in [0.4, 0.5) is 0 Å². The highest BCUT2D eigenvalue weighted by Gasteiger charge is 2.31. The van der Waals surface area contributed by atoms with Crippen molar-refractivity contribution in [2.45, 2.75) is 57.3 Å². The zero-order valence-corrected chi connectivity index (χ0v) is 11.8. The van der Waals surface area contributed by atoms with E-state index in [1.54, 1.807) is 0 Å². The van der Waals surface area contributed by atoms with E-state index in [4.69, 9.17) is 0 Å². The summed E-state index contributed by atoms with van der Waals surface area (Å²) in [6.07, 6.45) is 4.42. The third kappa shape index (κ3) is 3.92. The maximum atomic E-state index is 10.1. The molecule has 1 aliphatic heterocycles. The largest absolute Gasteiger partial charge is 0.391 e. The molecule has 0 aromatic heterocycles. The number of hydrogen-bond acceptors (Lipinski definition) is 4. The predicted octanol–water partition coefficient (Wildman–Crippen LogP) is 0.678. The Balaban J connectivity index is 1.79. The van der Waals surface area contributed by atoms with Crippen LogP contribution in [0, 0.1) is 0 Å². The Labute approximate surface area is 111 Å². The molecular formula is C14H28N2O2. The normalized spacial score (nSPS) is 32.7. The molecular weight excluding hydrogens is 228 g/mol. The summed E-state index contributed by atoms with van der Waals surface area (Å²) in [6.45, 7) is 8.54. The monoisotopic (exact) mass is 256 g/mol. The zero-order valence-electron chi connectivity index (χ0n) is 11.8. The van der Waals surface area contributed by atoms with Gasteiger partial charge < -0.3 is 10.2 Å². The first-order chi connectivity index (χ1) is 8.46. The van der Waals surface area contributed by atoms with Gasteiger partial charge in [0.15, 0.2) is 0 Å². The number of rotatable bonds is 3. The van der Waals surface area contributed by atoms with Gasteiger partial charge in [-0.05, 0) is 26.7 Å². The van der Waals surface area contributed by atoms with Crippen LogP contribution in [0.1, 0.15) is 39.5 Å². The van der Waals surface area contributed by atoms with E-state index in [0.29, 0.717) is 6.04 Å². The van der Waals surface area contributed by atoms with Crippen LogP contribution in [-0.2, 0) is 0 Å². The van der Waals surface area contributed by atoms with Crippen LogP contribution in [0.2, 0.25) is 0 Å². The van der Waals surface area contributed by atoms with Crippen LogP contribution in [0.3, 0.4) is 0 Å². The minimum atomic E-state index is -0.605. The molecule has 0 amide bonds. The van der Waals surface area contributed by atoms with Gasteiger partial charge in [0.05, 0.1) is 11.7 Å². The van der Waals surface area contributed by atoms with E-state index >= 15 is 0 Å². The lowest BCUT2D eigenvalue weighted by Crippen LogP contribution is -2.56. The van der Waals surface area contributed by atoms with Gasteiger partial charge in [-0.15, -0.1) is 0 Å². The third-order valence-electron chi connectivity index (χ3n) is 4.18. The van der Waals surface area contributed by atoms with Crippen LogP contribution < -0.4 is 0 Å². The van der Waals surface area contributed by atoms with Gasteiger partial charge in [-0.2, -0.15) is 0 Å². The summed E-state index contributed by atoms with van der Waals surface area (Å²) in [6, 6.07) is 0.378. The van der Waals surface area contributed by atoms with Crippen LogP contribution >= 0.6 is 0 Å². The average molecular weight is 256 g/mol. The fourth-order valence-corrected chi connectivity index (χ4v) is 3.32. The fraction of sp³-hybridized carbons (Fsp3) is 1.00. The molecule has 0 spiro atoms.